The van der Waals surface area contributed by atoms with Gasteiger partial charge in [0.25, 0.3) is 0 Å². The Labute approximate surface area is 77.0 Å². The van der Waals surface area contributed by atoms with E-state index in [4.69, 9.17) is 0 Å². The van der Waals surface area contributed by atoms with Crippen molar-refractivity contribution in [1.29, 1.82) is 0 Å². The molecule has 4 heteroatoms. The molecule has 0 fully saturated rings. The summed E-state index contributed by atoms with van der Waals surface area (Å²) < 4.78 is 0. The topological polar surface area (TPSA) is 28.5 Å². The summed E-state index contributed by atoms with van der Waals surface area (Å²) in [4.78, 5) is 0. The fourth-order valence-electron chi connectivity index (χ4n) is 0. The molecule has 0 aromatic rings. The Morgan fingerprint density at radius 2 is 1.00 bits per heavy atom. The van der Waals surface area contributed by atoms with Gasteiger partial charge in [0.05, 0.1) is 0 Å². The first kappa shape index (κ1) is 32.7. The van der Waals surface area contributed by atoms with Crippen molar-refractivity contribution in [2.75, 3.05) is 0 Å². The molecule has 0 N–H and O–H groups in total. The predicted molar refractivity (Wildman–Crippen MR) is 13.6 cm³/mol. The molecule has 0 rings (SSSR count). The molecule has 0 aliphatic heterocycles. The molecule has 16 valence electrons. The van der Waals surface area contributed by atoms with E-state index in [0.717, 1.165) is 0 Å². The van der Waals surface area contributed by atoms with Crippen molar-refractivity contribution in [3.8, 4) is 0 Å². The van der Waals surface area contributed by atoms with Crippen molar-refractivity contribution in [2.45, 2.75) is 0 Å². The predicted octanol–water partition coefficient (Wildman–Crippen LogP) is -1.15. The quantitative estimate of drug-likeness (QED) is 0.473. The van der Waals surface area contributed by atoms with Crippen LogP contribution in [0.2, 0.25) is 0 Å². The summed E-state index contributed by atoms with van der Waals surface area (Å²) in [5.41, 5.74) is 0. The summed E-state index contributed by atoms with van der Waals surface area (Å²) in [7, 11) is 0. The molecular weight excluding hydrogens is 232 g/mol. The van der Waals surface area contributed by atoms with Gasteiger partial charge in [-0.1, -0.05) is 0 Å². The molecule has 0 aromatic carbocycles. The van der Waals surface area contributed by atoms with E-state index in [2.05, 4.69) is 0 Å². The zero-order valence-corrected chi connectivity index (χ0v) is 6.82. The van der Waals surface area contributed by atoms with E-state index in [0.29, 0.717) is 0 Å². The standard InChI is InChI=1S/Na.O.Te.Zn.H/q;-2;;+2;. The van der Waals surface area contributed by atoms with Crippen LogP contribution in [0.15, 0.2) is 0 Å². The van der Waals surface area contributed by atoms with Crippen molar-refractivity contribution in [3.05, 3.63) is 0 Å². The van der Waals surface area contributed by atoms with Gasteiger partial charge in [-0.05, 0) is 0 Å². The molecule has 0 bridgehead atoms. The minimum atomic E-state index is 0. The van der Waals surface area contributed by atoms with Crippen LogP contribution in [-0.4, -0.2) is 53.2 Å². The first-order chi connectivity index (χ1) is 0. The van der Waals surface area contributed by atoms with Crippen LogP contribution >= 0.6 is 0 Å². The first-order valence-electron chi connectivity index (χ1n) is 0. The summed E-state index contributed by atoms with van der Waals surface area (Å²) >= 11 is 0. The zero-order chi connectivity index (χ0) is 0. The van der Waals surface area contributed by atoms with Crippen molar-refractivity contribution in [2.24, 2.45) is 0 Å². The van der Waals surface area contributed by atoms with Crippen LogP contribution < -0.4 is 0 Å². The summed E-state index contributed by atoms with van der Waals surface area (Å²) in [5, 5.41) is 0. The van der Waals surface area contributed by atoms with Crippen LogP contribution in [0, 0.1) is 0 Å². The Hall–Kier alpha value is 2.37. The molecule has 0 aliphatic rings. The van der Waals surface area contributed by atoms with Crippen molar-refractivity contribution in [3.63, 3.8) is 0 Å². The minimum Gasteiger partial charge on any atom is -2.00 e. The van der Waals surface area contributed by atoms with Crippen LogP contribution in [0.3, 0.4) is 0 Å². The van der Waals surface area contributed by atoms with E-state index < -0.39 is 0 Å². The number of hydrogen-bond donors (Lipinski definition) is 0. The molecule has 0 heterocycles. The maximum Gasteiger partial charge on any atom is 2.00 e. The monoisotopic (exact) mass is 234 g/mol. The van der Waals surface area contributed by atoms with Crippen LogP contribution in [0.4, 0.5) is 0 Å². The van der Waals surface area contributed by atoms with Gasteiger partial charge in [-0.3, -0.25) is 0 Å². The molecule has 0 aliphatic carbocycles. The molecule has 0 aromatic heterocycles. The number of hydrogen-bond acceptors (Lipinski definition) is 0. The summed E-state index contributed by atoms with van der Waals surface area (Å²) in [5.74, 6) is 0. The van der Waals surface area contributed by atoms with Crippen molar-refractivity contribution < 1.29 is 25.0 Å². The minimum absolute atomic E-state index is 0. The Kier molecular flexibility index (Phi) is 149. The van der Waals surface area contributed by atoms with Gasteiger partial charge >= 0.3 is 49.0 Å². The fourth-order valence-corrected chi connectivity index (χ4v) is 0. The van der Waals surface area contributed by atoms with Gasteiger partial charge in [0.1, 0.15) is 0 Å². The van der Waals surface area contributed by atoms with Gasteiger partial charge in [-0.15, -0.1) is 0 Å². The molecule has 0 atom stereocenters. The molecule has 0 amide bonds. The van der Waals surface area contributed by atoms with Crippen LogP contribution in [-0.2, 0) is 25.0 Å². The third kappa shape index (κ3) is 8.84. The van der Waals surface area contributed by atoms with E-state index in [-0.39, 0.29) is 78.2 Å². The van der Waals surface area contributed by atoms with Crippen LogP contribution in [0.5, 0.6) is 0 Å². The third-order valence-electron chi connectivity index (χ3n) is 0. The Morgan fingerprint density at radius 3 is 1.00 bits per heavy atom. The van der Waals surface area contributed by atoms with E-state index in [1.807, 2.05) is 0 Å². The molecule has 0 saturated carbocycles. The third-order valence-corrected chi connectivity index (χ3v) is 0. The van der Waals surface area contributed by atoms with Crippen LogP contribution in [0.1, 0.15) is 0 Å². The van der Waals surface area contributed by atoms with E-state index in [9.17, 15) is 0 Å². The first-order valence-corrected chi connectivity index (χ1v) is 0. The van der Waals surface area contributed by atoms with E-state index >= 15 is 0 Å². The Balaban J connectivity index is 0. The normalized spacial score (nSPS) is 0. The SMILES string of the molecule is [NaH].[O-2].[Te].[Zn+2]. The maximum absolute atomic E-state index is 0. The van der Waals surface area contributed by atoms with Gasteiger partial charge in [0.2, 0.25) is 0 Å². The summed E-state index contributed by atoms with van der Waals surface area (Å²) in [6.45, 7) is 0. The van der Waals surface area contributed by atoms with Gasteiger partial charge in [-0.25, -0.2) is 0 Å². The second-order valence-electron chi connectivity index (χ2n) is 0. The molecule has 0 saturated heterocycles. The zero-order valence-electron chi connectivity index (χ0n) is 1.52. The van der Waals surface area contributed by atoms with Crippen molar-refractivity contribution >= 4 is 53.2 Å². The summed E-state index contributed by atoms with van der Waals surface area (Å²) in [6, 6.07) is 0. The largest absolute Gasteiger partial charge is 2.00 e. The smallest absolute Gasteiger partial charge is 2.00 e. The fraction of sp³-hybridized carbons (Fsp3) is 0. The molecule has 0 unspecified atom stereocenters. The Morgan fingerprint density at radius 1 is 1.00 bits per heavy atom. The van der Waals surface area contributed by atoms with Gasteiger partial charge in [-0.2, -0.15) is 0 Å². The molecule has 0 spiro atoms. The Bertz CT molecular complexity index is 8.00. The molecule has 4 heavy (non-hydrogen) atoms. The van der Waals surface area contributed by atoms with Gasteiger partial charge in [0, 0.05) is 23.7 Å². The molecular formula is HNaOTeZn. The van der Waals surface area contributed by atoms with Crippen molar-refractivity contribution in [1.82, 2.24) is 0 Å². The average molecular weight is 233 g/mol. The molecule has 2 radical (unpaired) electrons. The second kappa shape index (κ2) is 18.2. The van der Waals surface area contributed by atoms with Gasteiger partial charge < -0.3 is 5.48 Å². The van der Waals surface area contributed by atoms with Crippen LogP contribution in [0.25, 0.3) is 0 Å². The number of rotatable bonds is 0. The maximum atomic E-state index is 0. The van der Waals surface area contributed by atoms with Gasteiger partial charge in [0.15, 0.2) is 0 Å². The second-order valence-corrected chi connectivity index (χ2v) is 0. The van der Waals surface area contributed by atoms with E-state index in [1.54, 1.807) is 0 Å². The van der Waals surface area contributed by atoms with E-state index in [1.165, 1.54) is 0 Å². The average Bonchev–Trinajstić information content (AvgIpc) is 0. The summed E-state index contributed by atoms with van der Waals surface area (Å²) in [6.07, 6.45) is 0. The molecule has 1 nitrogen and oxygen atoms in total.